The topological polar surface area (TPSA) is 66.5 Å². The highest BCUT2D eigenvalue weighted by Crippen LogP contribution is 2.24. The molecule has 0 aromatic heterocycles. The lowest BCUT2D eigenvalue weighted by Crippen LogP contribution is -2.41. The maximum atomic E-state index is 12.6. The molecule has 0 saturated carbocycles. The van der Waals surface area contributed by atoms with Gasteiger partial charge < -0.3 is 5.32 Å². The highest BCUT2D eigenvalue weighted by atomic mass is 32.2. The fourth-order valence-electron chi connectivity index (χ4n) is 2.69. The molecule has 1 aromatic carbocycles. The fraction of sp³-hybridized carbons (Fsp3) is 0.611. The molecule has 1 aliphatic heterocycles. The van der Waals surface area contributed by atoms with Gasteiger partial charge in [0, 0.05) is 24.4 Å². The minimum absolute atomic E-state index is 0.0549. The third-order valence-corrected chi connectivity index (χ3v) is 7.36. The van der Waals surface area contributed by atoms with Crippen LogP contribution < -0.4 is 5.32 Å². The molecule has 2 rings (SSSR count). The number of rotatable bonds is 6. The van der Waals surface area contributed by atoms with Gasteiger partial charge in [-0.2, -0.15) is 4.31 Å². The summed E-state index contributed by atoms with van der Waals surface area (Å²) in [6.45, 7) is 7.92. The number of nitrogens with one attached hydrogen (secondary N) is 1. The number of thioether (sulfide) groups is 1. The van der Waals surface area contributed by atoms with Gasteiger partial charge in [0.25, 0.3) is 0 Å². The Labute approximate surface area is 155 Å². The normalized spacial score (nSPS) is 17.4. The number of piperidine rings is 1. The van der Waals surface area contributed by atoms with Crippen LogP contribution in [-0.2, 0) is 14.8 Å². The standard InChI is InChI=1S/C18H28N2O3S2/c1-18(2,3)24-14-17(21)19-13-15-9-11-20(12-10-15)25(22,23)16-7-5-4-6-8-16/h4-8,15H,9-14H2,1-3H3,(H,19,21). The Bertz CT molecular complexity index is 661. The van der Waals surface area contributed by atoms with Crippen molar-refractivity contribution in [3.63, 3.8) is 0 Å². The number of hydrogen-bond donors (Lipinski definition) is 1. The van der Waals surface area contributed by atoms with Crippen LogP contribution in [0.1, 0.15) is 33.6 Å². The van der Waals surface area contributed by atoms with E-state index in [1.54, 1.807) is 40.3 Å². The van der Waals surface area contributed by atoms with Crippen molar-refractivity contribution in [1.29, 1.82) is 0 Å². The lowest BCUT2D eigenvalue weighted by molar-refractivity contribution is -0.118. The molecule has 0 aliphatic carbocycles. The number of carbonyl (C=O) groups excluding carboxylic acids is 1. The van der Waals surface area contributed by atoms with Crippen LogP contribution in [0.3, 0.4) is 0 Å². The number of carbonyl (C=O) groups is 1. The number of sulfonamides is 1. The van der Waals surface area contributed by atoms with Gasteiger partial charge in [-0.1, -0.05) is 39.0 Å². The molecule has 1 fully saturated rings. The van der Waals surface area contributed by atoms with E-state index in [1.807, 2.05) is 6.07 Å². The molecule has 25 heavy (non-hydrogen) atoms. The maximum absolute atomic E-state index is 12.6. The summed E-state index contributed by atoms with van der Waals surface area (Å²) in [6.07, 6.45) is 1.55. The number of amides is 1. The zero-order valence-electron chi connectivity index (χ0n) is 15.2. The van der Waals surface area contributed by atoms with Gasteiger partial charge >= 0.3 is 0 Å². The van der Waals surface area contributed by atoms with Gasteiger partial charge in [-0.05, 0) is 30.9 Å². The Balaban J connectivity index is 1.77. The summed E-state index contributed by atoms with van der Waals surface area (Å²) < 4.78 is 26.8. The molecule has 0 unspecified atom stereocenters. The van der Waals surface area contributed by atoms with Gasteiger partial charge in [0.1, 0.15) is 0 Å². The van der Waals surface area contributed by atoms with Gasteiger partial charge in [-0.3, -0.25) is 4.79 Å². The summed E-state index contributed by atoms with van der Waals surface area (Å²) >= 11 is 1.63. The first-order valence-electron chi connectivity index (χ1n) is 8.64. The molecule has 0 radical (unpaired) electrons. The van der Waals surface area contributed by atoms with E-state index in [0.717, 1.165) is 12.8 Å². The van der Waals surface area contributed by atoms with Crippen LogP contribution in [0.2, 0.25) is 0 Å². The highest BCUT2D eigenvalue weighted by Gasteiger charge is 2.29. The fourth-order valence-corrected chi connectivity index (χ4v) is 4.84. The van der Waals surface area contributed by atoms with Crippen LogP contribution in [0.4, 0.5) is 0 Å². The van der Waals surface area contributed by atoms with E-state index in [1.165, 1.54) is 0 Å². The minimum Gasteiger partial charge on any atom is -0.355 e. The number of benzene rings is 1. The van der Waals surface area contributed by atoms with Crippen LogP contribution >= 0.6 is 11.8 Å². The van der Waals surface area contributed by atoms with Gasteiger partial charge in [0.15, 0.2) is 0 Å². The first-order valence-corrected chi connectivity index (χ1v) is 11.1. The molecular weight excluding hydrogens is 356 g/mol. The number of nitrogens with zero attached hydrogens (tertiary/aromatic N) is 1. The quantitative estimate of drug-likeness (QED) is 0.819. The Morgan fingerprint density at radius 2 is 1.80 bits per heavy atom. The Kier molecular flexibility index (Phi) is 6.93. The number of hydrogen-bond acceptors (Lipinski definition) is 4. The Morgan fingerprint density at radius 3 is 2.36 bits per heavy atom. The summed E-state index contributed by atoms with van der Waals surface area (Å²) in [5.74, 6) is 0.857. The third kappa shape index (κ3) is 6.31. The molecular formula is C18H28N2O3S2. The molecule has 1 N–H and O–H groups in total. The predicted molar refractivity (Wildman–Crippen MR) is 103 cm³/mol. The van der Waals surface area contributed by atoms with E-state index in [0.29, 0.717) is 36.2 Å². The van der Waals surface area contributed by atoms with Gasteiger partial charge in [0.2, 0.25) is 15.9 Å². The first-order chi connectivity index (χ1) is 11.7. The Hall–Kier alpha value is -1.05. The maximum Gasteiger partial charge on any atom is 0.243 e. The van der Waals surface area contributed by atoms with Crippen molar-refractivity contribution in [2.45, 2.75) is 43.3 Å². The zero-order chi connectivity index (χ0) is 18.5. The molecule has 1 heterocycles. The molecule has 5 nitrogen and oxygen atoms in total. The predicted octanol–water partition coefficient (Wildman–Crippen LogP) is 2.74. The van der Waals surface area contributed by atoms with Crippen LogP contribution in [0, 0.1) is 5.92 Å². The lowest BCUT2D eigenvalue weighted by Gasteiger charge is -2.31. The van der Waals surface area contributed by atoms with Crippen LogP contribution in [-0.4, -0.2) is 48.8 Å². The minimum atomic E-state index is -3.40. The van der Waals surface area contributed by atoms with Crippen LogP contribution in [0.15, 0.2) is 35.2 Å². The molecule has 0 atom stereocenters. The van der Waals surface area contributed by atoms with Gasteiger partial charge in [-0.25, -0.2) is 8.42 Å². The van der Waals surface area contributed by atoms with E-state index in [-0.39, 0.29) is 10.7 Å². The lowest BCUT2D eigenvalue weighted by atomic mass is 9.98. The average Bonchev–Trinajstić information content (AvgIpc) is 2.58. The second kappa shape index (κ2) is 8.56. The molecule has 1 aromatic rings. The third-order valence-electron chi connectivity index (χ3n) is 4.18. The van der Waals surface area contributed by atoms with Crippen molar-refractivity contribution in [2.24, 2.45) is 5.92 Å². The van der Waals surface area contributed by atoms with Crippen molar-refractivity contribution >= 4 is 27.7 Å². The molecule has 7 heteroatoms. The van der Waals surface area contributed by atoms with Crippen molar-refractivity contribution < 1.29 is 13.2 Å². The zero-order valence-corrected chi connectivity index (χ0v) is 16.8. The molecule has 1 aliphatic rings. The van der Waals surface area contributed by atoms with Crippen molar-refractivity contribution in [3.8, 4) is 0 Å². The average molecular weight is 385 g/mol. The summed E-state index contributed by atoms with van der Waals surface area (Å²) in [5.41, 5.74) is 0. The van der Waals surface area contributed by atoms with E-state index < -0.39 is 10.0 Å². The van der Waals surface area contributed by atoms with E-state index in [4.69, 9.17) is 0 Å². The smallest absolute Gasteiger partial charge is 0.243 e. The largest absolute Gasteiger partial charge is 0.355 e. The van der Waals surface area contributed by atoms with E-state index >= 15 is 0 Å². The summed E-state index contributed by atoms with van der Waals surface area (Å²) in [6, 6.07) is 8.56. The van der Waals surface area contributed by atoms with Crippen molar-refractivity contribution in [1.82, 2.24) is 9.62 Å². The Morgan fingerprint density at radius 1 is 1.20 bits per heavy atom. The molecule has 0 bridgehead atoms. The summed E-state index contributed by atoms with van der Waals surface area (Å²) in [5, 5.41) is 2.98. The second-order valence-electron chi connectivity index (χ2n) is 7.37. The second-order valence-corrected chi connectivity index (χ2v) is 11.1. The van der Waals surface area contributed by atoms with Crippen molar-refractivity contribution in [3.05, 3.63) is 30.3 Å². The SMILES string of the molecule is CC(C)(C)SCC(=O)NCC1CCN(S(=O)(=O)c2ccccc2)CC1. The summed E-state index contributed by atoms with van der Waals surface area (Å²) in [4.78, 5) is 12.3. The van der Waals surface area contributed by atoms with E-state index in [2.05, 4.69) is 26.1 Å². The van der Waals surface area contributed by atoms with Crippen LogP contribution in [0.25, 0.3) is 0 Å². The molecule has 1 amide bonds. The monoisotopic (exact) mass is 384 g/mol. The van der Waals surface area contributed by atoms with E-state index in [9.17, 15) is 13.2 Å². The first kappa shape index (κ1) is 20.3. The molecule has 0 spiro atoms. The van der Waals surface area contributed by atoms with Crippen LogP contribution in [0.5, 0.6) is 0 Å². The summed E-state index contributed by atoms with van der Waals surface area (Å²) in [7, 11) is -3.40. The highest BCUT2D eigenvalue weighted by molar-refractivity contribution is 8.01. The van der Waals surface area contributed by atoms with Gasteiger partial charge in [0.05, 0.1) is 10.6 Å². The molecule has 140 valence electrons. The molecule has 1 saturated heterocycles. The van der Waals surface area contributed by atoms with Gasteiger partial charge in [-0.15, -0.1) is 11.8 Å². The van der Waals surface area contributed by atoms with Crippen molar-refractivity contribution in [2.75, 3.05) is 25.4 Å².